The minimum atomic E-state index is -2.69. The van der Waals surface area contributed by atoms with Crippen molar-refractivity contribution in [3.05, 3.63) is 99.8 Å². The van der Waals surface area contributed by atoms with Gasteiger partial charge in [-0.3, -0.25) is 19.3 Å². The number of Topliss-reactive ketones (excluding diaryl/α,β-unsaturated/α-hetero) is 2. The van der Waals surface area contributed by atoms with Crippen LogP contribution in [0, 0.1) is 11.8 Å². The van der Waals surface area contributed by atoms with Gasteiger partial charge in [-0.1, -0.05) is 42.5 Å². The average molecular weight is 654 g/mol. The van der Waals surface area contributed by atoms with Gasteiger partial charge in [-0.25, -0.2) is 0 Å². The third-order valence-electron chi connectivity index (χ3n) is 9.92. The number of carbonyl (C=O) groups is 3. The van der Waals surface area contributed by atoms with Crippen LogP contribution in [0.5, 0.6) is 11.5 Å². The van der Waals surface area contributed by atoms with E-state index in [1.165, 1.54) is 16.5 Å². The van der Waals surface area contributed by atoms with Crippen LogP contribution in [0.4, 0.5) is 0 Å². The Kier molecular flexibility index (Phi) is 8.63. The van der Waals surface area contributed by atoms with Crippen LogP contribution in [0.15, 0.2) is 77.6 Å². The Morgan fingerprint density at radius 1 is 1.02 bits per heavy atom. The third-order valence-corrected chi connectivity index (χ3v) is 9.92. The fourth-order valence-electron chi connectivity index (χ4n) is 7.68. The van der Waals surface area contributed by atoms with Crippen molar-refractivity contribution in [1.82, 2.24) is 10.2 Å². The molecule has 3 aromatic carbocycles. The molecule has 6 rings (SSSR count). The lowest BCUT2D eigenvalue weighted by Gasteiger charge is -2.50. The largest absolute Gasteiger partial charge is 0.508 e. The second-order valence-corrected chi connectivity index (χ2v) is 12.9. The molecule has 1 saturated carbocycles. The molecular weight excluding hydrogens is 614 g/mol. The predicted molar refractivity (Wildman–Crippen MR) is 178 cm³/mol. The number of phenolic OH excluding ortho intramolecular Hbond substituents is 1. The van der Waals surface area contributed by atoms with Crippen LogP contribution in [0.2, 0.25) is 0 Å². The first-order valence-corrected chi connectivity index (χ1v) is 15.8. The SMILES string of the molecule is COc1ccc(CNCCc2ccccc2)cc1-c1ccc(O)c2c1CC1CC3[C@H](N(C)C)C(=O)C(C(N)=O)=C(O)[C@@]3(O)C(=O)C1=C2O. The third kappa shape index (κ3) is 5.24. The van der Waals surface area contributed by atoms with E-state index in [2.05, 4.69) is 17.4 Å². The number of nitrogens with two attached hydrogens (primary N) is 1. The number of likely N-dealkylation sites (N-methyl/N-ethyl adjacent to an activating group) is 1. The van der Waals surface area contributed by atoms with Gasteiger partial charge in [-0.05, 0) is 86.3 Å². The maximum atomic E-state index is 14.2. The van der Waals surface area contributed by atoms with Crippen molar-refractivity contribution < 1.29 is 39.5 Å². The van der Waals surface area contributed by atoms with Gasteiger partial charge in [0.1, 0.15) is 28.6 Å². The number of primary amides is 1. The lowest BCUT2D eigenvalue weighted by molar-refractivity contribution is -0.153. The van der Waals surface area contributed by atoms with Crippen LogP contribution >= 0.6 is 0 Å². The molecule has 4 atom stereocenters. The summed E-state index contributed by atoms with van der Waals surface area (Å²) in [5.41, 5.74) is 5.88. The molecule has 0 aromatic heterocycles. The number of phenols is 1. The summed E-state index contributed by atoms with van der Waals surface area (Å²) in [7, 11) is 4.69. The van der Waals surface area contributed by atoms with Crippen LogP contribution in [-0.4, -0.2) is 82.2 Å². The summed E-state index contributed by atoms with van der Waals surface area (Å²) in [5.74, 6) is -6.33. The number of benzene rings is 3. The molecule has 2 unspecified atom stereocenters. The Morgan fingerprint density at radius 2 is 1.75 bits per heavy atom. The van der Waals surface area contributed by atoms with E-state index in [-0.39, 0.29) is 29.7 Å². The van der Waals surface area contributed by atoms with Gasteiger partial charge in [0.25, 0.3) is 5.91 Å². The molecule has 1 amide bonds. The van der Waals surface area contributed by atoms with Gasteiger partial charge in [0, 0.05) is 23.6 Å². The van der Waals surface area contributed by atoms with Crippen LogP contribution in [0.3, 0.4) is 0 Å². The van der Waals surface area contributed by atoms with Crippen molar-refractivity contribution in [2.75, 3.05) is 27.7 Å². The average Bonchev–Trinajstić information content (AvgIpc) is 3.05. The molecule has 250 valence electrons. The van der Waals surface area contributed by atoms with Crippen molar-refractivity contribution in [3.8, 4) is 22.6 Å². The smallest absolute Gasteiger partial charge is 0.255 e. The highest BCUT2D eigenvalue weighted by Gasteiger charge is 2.64. The number of amides is 1. The number of fused-ring (bicyclic) bond motifs is 3. The van der Waals surface area contributed by atoms with E-state index in [0.717, 1.165) is 24.1 Å². The van der Waals surface area contributed by atoms with E-state index in [0.29, 0.717) is 23.4 Å². The van der Waals surface area contributed by atoms with Gasteiger partial charge in [0.15, 0.2) is 11.4 Å². The predicted octanol–water partition coefficient (Wildman–Crippen LogP) is 2.97. The molecule has 0 aliphatic heterocycles. The first kappa shape index (κ1) is 33.0. The number of nitrogens with zero attached hydrogens (tertiary/aromatic N) is 1. The molecule has 1 fully saturated rings. The minimum absolute atomic E-state index is 0.00334. The first-order valence-electron chi connectivity index (χ1n) is 15.8. The van der Waals surface area contributed by atoms with Crippen LogP contribution in [0.1, 0.15) is 28.7 Å². The summed E-state index contributed by atoms with van der Waals surface area (Å²) >= 11 is 0. The van der Waals surface area contributed by atoms with Gasteiger partial charge in [-0.15, -0.1) is 0 Å². The van der Waals surface area contributed by atoms with Crippen molar-refractivity contribution in [3.63, 3.8) is 0 Å². The van der Waals surface area contributed by atoms with Crippen molar-refractivity contribution in [2.45, 2.75) is 37.5 Å². The number of aliphatic hydroxyl groups excluding tert-OH is 2. The quantitative estimate of drug-likeness (QED) is 0.148. The lowest BCUT2D eigenvalue weighted by atomic mass is 9.57. The highest BCUT2D eigenvalue weighted by atomic mass is 16.5. The highest BCUT2D eigenvalue weighted by Crippen LogP contribution is 2.54. The summed E-state index contributed by atoms with van der Waals surface area (Å²) in [6.45, 7) is 1.35. The fourth-order valence-corrected chi connectivity index (χ4v) is 7.68. The van der Waals surface area contributed by atoms with E-state index < -0.39 is 58.0 Å². The number of methoxy groups -OCH3 is 1. The number of carbonyl (C=O) groups excluding carboxylic acids is 3. The molecule has 7 N–H and O–H groups in total. The summed E-state index contributed by atoms with van der Waals surface area (Å²) < 4.78 is 5.73. The molecule has 0 radical (unpaired) electrons. The van der Waals surface area contributed by atoms with E-state index >= 15 is 0 Å². The number of ether oxygens (including phenoxy) is 1. The number of rotatable bonds is 9. The molecule has 0 bridgehead atoms. The van der Waals surface area contributed by atoms with E-state index in [1.807, 2.05) is 36.4 Å². The van der Waals surface area contributed by atoms with Crippen molar-refractivity contribution in [1.29, 1.82) is 0 Å². The second kappa shape index (κ2) is 12.6. The van der Waals surface area contributed by atoms with Crippen LogP contribution in [-0.2, 0) is 33.8 Å². The number of aliphatic hydroxyl groups is 3. The number of ketones is 2. The number of aromatic hydroxyl groups is 1. The Labute approximate surface area is 278 Å². The van der Waals surface area contributed by atoms with Gasteiger partial charge >= 0.3 is 0 Å². The van der Waals surface area contributed by atoms with Crippen molar-refractivity contribution >= 4 is 23.2 Å². The topological polar surface area (TPSA) is 183 Å². The Hall–Kier alpha value is -4.97. The monoisotopic (exact) mass is 653 g/mol. The summed E-state index contributed by atoms with van der Waals surface area (Å²) in [5, 5.41) is 49.1. The Bertz CT molecular complexity index is 1880. The van der Waals surface area contributed by atoms with Gasteiger partial charge in [0.05, 0.1) is 18.7 Å². The molecule has 0 spiro atoms. The zero-order valence-corrected chi connectivity index (χ0v) is 27.0. The number of hydrogen-bond donors (Lipinski definition) is 6. The normalized spacial score (nSPS) is 23.6. The summed E-state index contributed by atoms with van der Waals surface area (Å²) in [4.78, 5) is 41.3. The zero-order chi connectivity index (χ0) is 34.5. The first-order chi connectivity index (χ1) is 22.9. The molecule has 3 aromatic rings. The molecule has 11 heteroatoms. The van der Waals surface area contributed by atoms with Gasteiger partial charge in [0.2, 0.25) is 5.78 Å². The summed E-state index contributed by atoms with van der Waals surface area (Å²) in [6, 6.07) is 18.0. The molecular formula is C37H39N3O8. The summed E-state index contributed by atoms with van der Waals surface area (Å²) in [6.07, 6.45) is 1.04. The molecule has 0 heterocycles. The zero-order valence-electron chi connectivity index (χ0n) is 27.0. The van der Waals surface area contributed by atoms with Crippen LogP contribution < -0.4 is 15.8 Å². The fraction of sp³-hybridized carbons (Fsp3) is 0.324. The number of nitrogens with one attached hydrogen (secondary N) is 1. The minimum Gasteiger partial charge on any atom is -0.508 e. The van der Waals surface area contributed by atoms with E-state index in [9.17, 15) is 34.8 Å². The van der Waals surface area contributed by atoms with E-state index in [4.69, 9.17) is 10.5 Å². The molecule has 3 aliphatic rings. The Morgan fingerprint density at radius 3 is 2.42 bits per heavy atom. The van der Waals surface area contributed by atoms with Crippen LogP contribution in [0.25, 0.3) is 16.9 Å². The molecule has 3 aliphatic carbocycles. The van der Waals surface area contributed by atoms with Gasteiger partial charge in [-0.2, -0.15) is 0 Å². The van der Waals surface area contributed by atoms with E-state index in [1.54, 1.807) is 27.3 Å². The molecule has 48 heavy (non-hydrogen) atoms. The lowest BCUT2D eigenvalue weighted by Crippen LogP contribution is -2.65. The molecule has 0 saturated heterocycles. The second-order valence-electron chi connectivity index (χ2n) is 12.9. The number of hydrogen-bond acceptors (Lipinski definition) is 10. The highest BCUT2D eigenvalue weighted by molar-refractivity contribution is 6.24. The van der Waals surface area contributed by atoms with Crippen molar-refractivity contribution in [2.24, 2.45) is 17.6 Å². The van der Waals surface area contributed by atoms with Gasteiger partial charge < -0.3 is 36.2 Å². The molecule has 11 nitrogen and oxygen atoms in total. The standard InChI is InChI=1S/C37H39N3O8/c1-40(2)31-25-17-21-16-24-22(23-15-20(9-12-27(23)48-3)18-39-14-13-19-7-5-4-6-8-19)10-11-26(41)29(24)32(42)28(21)34(44)37(25,47)35(45)30(33(31)43)36(38)46/h4-12,15,21,25,31,39,41-42,45,47H,13-14,16-18H2,1-3H3,(H2,38,46)/t21?,25?,31-,37-/m0/s1. The Balaban J connectivity index is 1.40. The maximum absolute atomic E-state index is 14.2. The maximum Gasteiger partial charge on any atom is 0.255 e.